The number of hydrogen-bond acceptors (Lipinski definition) is 5. The van der Waals surface area contributed by atoms with Crippen LogP contribution in [-0.2, 0) is 24.2 Å². The first-order valence-corrected chi connectivity index (χ1v) is 11.0. The Morgan fingerprint density at radius 2 is 1.93 bits per heavy atom. The molecule has 9 heteroatoms. The average Bonchev–Trinajstić information content (AvgIpc) is 2.64. The molecular weight excluding hydrogens is 382 g/mol. The zero-order valence-electron chi connectivity index (χ0n) is 15.9. The molecule has 0 bridgehead atoms. The lowest BCUT2D eigenvalue weighted by Gasteiger charge is -2.45. The Morgan fingerprint density at radius 3 is 2.57 bits per heavy atom. The lowest BCUT2D eigenvalue weighted by molar-refractivity contribution is -0.153. The number of sulfone groups is 1. The smallest absolute Gasteiger partial charge is 0.246 e. The number of nitrogens with zero attached hydrogens (tertiary/aromatic N) is 1. The highest BCUT2D eigenvalue weighted by molar-refractivity contribution is 7.92. The van der Waals surface area contributed by atoms with Gasteiger partial charge in [0.2, 0.25) is 17.7 Å². The quantitative estimate of drug-likeness (QED) is 0.718. The van der Waals surface area contributed by atoms with E-state index in [1.165, 1.54) is 12.1 Å². The van der Waals surface area contributed by atoms with Crippen LogP contribution in [0, 0.1) is 5.92 Å². The minimum Gasteiger partial charge on any atom is -0.352 e. The highest BCUT2D eigenvalue weighted by Crippen LogP contribution is 2.24. The fourth-order valence-corrected chi connectivity index (χ4v) is 4.87. The van der Waals surface area contributed by atoms with Crippen molar-refractivity contribution < 1.29 is 22.8 Å². The average molecular weight is 407 g/mol. The molecule has 0 radical (unpaired) electrons. The number of nitrogens with one attached hydrogen (secondary N) is 2. The van der Waals surface area contributed by atoms with Gasteiger partial charge in [-0.2, -0.15) is 0 Å². The van der Waals surface area contributed by atoms with Gasteiger partial charge in [0.15, 0.2) is 9.84 Å². The van der Waals surface area contributed by atoms with Gasteiger partial charge in [-0.25, -0.2) is 8.42 Å². The first kappa shape index (κ1) is 20.3. The molecule has 152 valence electrons. The van der Waals surface area contributed by atoms with Gasteiger partial charge in [0.25, 0.3) is 0 Å². The van der Waals surface area contributed by atoms with E-state index in [0.717, 1.165) is 0 Å². The minimum atomic E-state index is -3.73. The van der Waals surface area contributed by atoms with Crippen LogP contribution in [0.4, 0.5) is 0 Å². The lowest BCUT2D eigenvalue weighted by atomic mass is 9.90. The molecule has 8 nitrogen and oxygen atoms in total. The van der Waals surface area contributed by atoms with E-state index in [1.807, 2.05) is 13.8 Å². The van der Waals surface area contributed by atoms with Crippen LogP contribution in [0.5, 0.6) is 0 Å². The van der Waals surface area contributed by atoms with Crippen molar-refractivity contribution in [2.75, 3.05) is 12.3 Å². The number of hydrogen-bond donors (Lipinski definition) is 2. The Labute approximate surface area is 164 Å². The van der Waals surface area contributed by atoms with Crippen molar-refractivity contribution in [3.63, 3.8) is 0 Å². The van der Waals surface area contributed by atoms with E-state index in [1.54, 1.807) is 23.1 Å². The molecule has 3 atom stereocenters. The van der Waals surface area contributed by atoms with Crippen LogP contribution in [0.3, 0.4) is 0 Å². The SMILES string of the molecule is CC(C)C1NC(=O)C2CC(NC(=O)CS(=O)(=O)c3ccccc3)CCN2C1=O. The molecule has 2 aliphatic rings. The molecule has 0 aliphatic carbocycles. The molecule has 3 rings (SSSR count). The third kappa shape index (κ3) is 4.19. The number of benzene rings is 1. The van der Waals surface area contributed by atoms with E-state index in [4.69, 9.17) is 0 Å². The van der Waals surface area contributed by atoms with Crippen molar-refractivity contribution in [1.82, 2.24) is 15.5 Å². The molecule has 3 amide bonds. The predicted octanol–water partition coefficient (Wildman–Crippen LogP) is 0.0905. The second-order valence-electron chi connectivity index (χ2n) is 7.64. The third-order valence-electron chi connectivity index (χ3n) is 5.21. The van der Waals surface area contributed by atoms with Crippen LogP contribution in [0.25, 0.3) is 0 Å². The van der Waals surface area contributed by atoms with Gasteiger partial charge in [-0.3, -0.25) is 14.4 Å². The van der Waals surface area contributed by atoms with E-state index < -0.39 is 33.6 Å². The van der Waals surface area contributed by atoms with E-state index >= 15 is 0 Å². The fraction of sp³-hybridized carbons (Fsp3) is 0.526. The highest BCUT2D eigenvalue weighted by Gasteiger charge is 2.44. The summed E-state index contributed by atoms with van der Waals surface area (Å²) in [5, 5.41) is 5.47. The summed E-state index contributed by atoms with van der Waals surface area (Å²) in [7, 11) is -3.73. The predicted molar refractivity (Wildman–Crippen MR) is 102 cm³/mol. The zero-order chi connectivity index (χ0) is 20.5. The maximum Gasteiger partial charge on any atom is 0.246 e. The Bertz CT molecular complexity index is 869. The van der Waals surface area contributed by atoms with Crippen LogP contribution < -0.4 is 10.6 Å². The van der Waals surface area contributed by atoms with Crippen molar-refractivity contribution in [3.8, 4) is 0 Å². The molecule has 3 unspecified atom stereocenters. The molecule has 0 saturated carbocycles. The fourth-order valence-electron chi connectivity index (χ4n) is 3.70. The van der Waals surface area contributed by atoms with Gasteiger partial charge >= 0.3 is 0 Å². The first-order chi connectivity index (χ1) is 13.2. The normalized spacial score (nSPS) is 25.2. The van der Waals surface area contributed by atoms with Crippen LogP contribution in [0.2, 0.25) is 0 Å². The van der Waals surface area contributed by atoms with Gasteiger partial charge in [-0.05, 0) is 30.9 Å². The maximum absolute atomic E-state index is 12.6. The van der Waals surface area contributed by atoms with Gasteiger partial charge in [0.05, 0.1) is 4.90 Å². The van der Waals surface area contributed by atoms with Gasteiger partial charge in [-0.15, -0.1) is 0 Å². The van der Waals surface area contributed by atoms with Crippen molar-refractivity contribution >= 4 is 27.6 Å². The summed E-state index contributed by atoms with van der Waals surface area (Å²) >= 11 is 0. The van der Waals surface area contributed by atoms with Gasteiger partial charge < -0.3 is 15.5 Å². The summed E-state index contributed by atoms with van der Waals surface area (Å²) in [6.07, 6.45) is 0.761. The van der Waals surface area contributed by atoms with E-state index in [2.05, 4.69) is 10.6 Å². The van der Waals surface area contributed by atoms with Crippen molar-refractivity contribution in [2.45, 2.75) is 49.7 Å². The van der Waals surface area contributed by atoms with Crippen LogP contribution in [0.15, 0.2) is 35.2 Å². The Morgan fingerprint density at radius 1 is 1.25 bits per heavy atom. The topological polar surface area (TPSA) is 113 Å². The van der Waals surface area contributed by atoms with Gasteiger partial charge in [0, 0.05) is 12.6 Å². The van der Waals surface area contributed by atoms with Crippen LogP contribution in [-0.4, -0.2) is 61.5 Å². The molecule has 0 spiro atoms. The molecule has 28 heavy (non-hydrogen) atoms. The molecule has 0 aromatic heterocycles. The summed E-state index contributed by atoms with van der Waals surface area (Å²) < 4.78 is 24.7. The second kappa shape index (κ2) is 7.90. The number of fused-ring (bicyclic) bond motifs is 1. The molecule has 2 fully saturated rings. The van der Waals surface area contributed by atoms with E-state index in [9.17, 15) is 22.8 Å². The summed E-state index contributed by atoms with van der Waals surface area (Å²) in [6.45, 7) is 4.11. The number of amides is 3. The largest absolute Gasteiger partial charge is 0.352 e. The van der Waals surface area contributed by atoms with E-state index in [0.29, 0.717) is 13.0 Å². The number of piperidine rings is 1. The van der Waals surface area contributed by atoms with Crippen molar-refractivity contribution in [1.29, 1.82) is 0 Å². The highest BCUT2D eigenvalue weighted by atomic mass is 32.2. The maximum atomic E-state index is 12.6. The molecule has 1 aromatic carbocycles. The number of piperazine rings is 1. The molecule has 2 heterocycles. The van der Waals surface area contributed by atoms with Crippen molar-refractivity contribution in [3.05, 3.63) is 30.3 Å². The summed E-state index contributed by atoms with van der Waals surface area (Å²) in [5.74, 6) is -1.59. The molecular formula is C19H25N3O5S. The standard InChI is InChI=1S/C19H25N3O5S/c1-12(2)17-19(25)22-9-8-13(10-15(22)18(24)21-17)20-16(23)11-28(26,27)14-6-4-3-5-7-14/h3-7,12-13,15,17H,8-11H2,1-2H3,(H,20,23)(H,21,24). The Balaban J connectivity index is 1.61. The molecule has 2 aliphatic heterocycles. The lowest BCUT2D eigenvalue weighted by Crippen LogP contribution is -2.67. The number of carbonyl (C=O) groups excluding carboxylic acids is 3. The third-order valence-corrected chi connectivity index (χ3v) is 6.84. The monoisotopic (exact) mass is 407 g/mol. The zero-order valence-corrected chi connectivity index (χ0v) is 16.7. The minimum absolute atomic E-state index is 0.00183. The first-order valence-electron chi connectivity index (χ1n) is 9.37. The molecule has 2 N–H and O–H groups in total. The summed E-state index contributed by atoms with van der Waals surface area (Å²) in [6, 6.07) is 6.29. The molecule has 1 aromatic rings. The second-order valence-corrected chi connectivity index (χ2v) is 9.63. The van der Waals surface area contributed by atoms with Crippen LogP contribution >= 0.6 is 0 Å². The summed E-state index contributed by atoms with van der Waals surface area (Å²) in [4.78, 5) is 38.9. The van der Waals surface area contributed by atoms with Crippen molar-refractivity contribution in [2.24, 2.45) is 5.92 Å². The summed E-state index contributed by atoms with van der Waals surface area (Å²) in [5.41, 5.74) is 0. The Hall–Kier alpha value is -2.42. The van der Waals surface area contributed by atoms with Gasteiger partial charge in [0.1, 0.15) is 17.8 Å². The van der Waals surface area contributed by atoms with E-state index in [-0.39, 0.29) is 35.1 Å². The van der Waals surface area contributed by atoms with Crippen LogP contribution in [0.1, 0.15) is 26.7 Å². The van der Waals surface area contributed by atoms with Gasteiger partial charge in [-0.1, -0.05) is 32.0 Å². The molecule has 2 saturated heterocycles. The number of rotatable bonds is 5. The Kier molecular flexibility index (Phi) is 5.74. The number of carbonyl (C=O) groups is 3.